The van der Waals surface area contributed by atoms with E-state index in [0.717, 1.165) is 0 Å². The molecule has 3 aliphatic heterocycles. The minimum absolute atomic E-state index is 0.132. The molecule has 3 aliphatic rings. The normalized spacial score (nSPS) is 49.9. The number of carbonyl (C=O) groups is 1. The van der Waals surface area contributed by atoms with Gasteiger partial charge in [0.2, 0.25) is 0 Å². The Hall–Kier alpha value is -1.01. The Bertz CT molecular complexity index is 1110. The van der Waals surface area contributed by atoms with E-state index in [1.807, 2.05) is 39.8 Å². The standard InChI is InChI=1S/C37H70N2O12/c1-14-26-37(10,45)30(41)23(6)38-18-19(2)16-35(8,44)32(51-34-28(40)25(39(11)12)15-20(3)47-34)21(4)29(22(5)33(43)49-26)50-27-17-36(9,46-13)31(42)24(7)48-27/h19-32,34,38,40-42,44-45H,14-18H2,1-13H3/t19-,20+,21-,22+,23+,24-,25-,26-,27+,28-,29+,30+,31+,32-,34-,35+,36-,37-/m0/s1. The summed E-state index contributed by atoms with van der Waals surface area (Å²) in [6.07, 6.45) is -8.22. The molecular weight excluding hydrogens is 664 g/mol. The summed E-state index contributed by atoms with van der Waals surface area (Å²) in [7, 11) is 5.27. The van der Waals surface area contributed by atoms with Crippen LogP contribution < -0.4 is 5.32 Å². The summed E-state index contributed by atoms with van der Waals surface area (Å²) in [6.45, 7) is 17.8. The maximum Gasteiger partial charge on any atom is 0.311 e. The molecular formula is C37H70N2O12. The van der Waals surface area contributed by atoms with Crippen LogP contribution in [0.1, 0.15) is 94.9 Å². The molecule has 0 radical (unpaired) electrons. The number of methoxy groups -OCH3 is 1. The van der Waals surface area contributed by atoms with Gasteiger partial charge in [-0.15, -0.1) is 0 Å². The van der Waals surface area contributed by atoms with Crippen molar-refractivity contribution < 1.29 is 58.7 Å². The SMILES string of the molecule is CC[C@@H]1OC(=O)[C@H](C)[C@H](O[C@@H]2C[C@](C)(OC)[C@H](O)[C@H](C)O2)[C@H](C)[C@H](O[C@@H]2O[C@H](C)C[C@H](N(C)C)[C@@H]2O)[C@](C)(O)C[C@H](C)CN[C@H](C)[C@@H](O)[C@@]1(C)O. The molecule has 0 aromatic carbocycles. The van der Waals surface area contributed by atoms with Gasteiger partial charge in [-0.1, -0.05) is 20.8 Å². The number of esters is 1. The molecule has 3 heterocycles. The molecule has 18 atom stereocenters. The summed E-state index contributed by atoms with van der Waals surface area (Å²) < 4.78 is 37.4. The molecule has 0 bridgehead atoms. The van der Waals surface area contributed by atoms with Gasteiger partial charge in [0, 0.05) is 31.5 Å². The Morgan fingerprint density at radius 3 is 2.14 bits per heavy atom. The predicted octanol–water partition coefficient (Wildman–Crippen LogP) is 1.56. The summed E-state index contributed by atoms with van der Waals surface area (Å²) in [5, 5.41) is 60.9. The topological polar surface area (TPSA) is 189 Å². The Balaban J connectivity index is 2.15. The number of aliphatic hydroxyl groups excluding tert-OH is 3. The van der Waals surface area contributed by atoms with Crippen LogP contribution in [0.15, 0.2) is 0 Å². The van der Waals surface area contributed by atoms with Crippen LogP contribution in [0.2, 0.25) is 0 Å². The fraction of sp³-hybridized carbons (Fsp3) is 0.973. The molecule has 0 amide bonds. The van der Waals surface area contributed by atoms with Crippen molar-refractivity contribution in [2.75, 3.05) is 27.7 Å². The van der Waals surface area contributed by atoms with Crippen LogP contribution in [0.4, 0.5) is 0 Å². The smallest absolute Gasteiger partial charge is 0.311 e. The fourth-order valence-corrected chi connectivity index (χ4v) is 8.36. The average Bonchev–Trinajstić information content (AvgIpc) is 3.05. The Morgan fingerprint density at radius 1 is 0.941 bits per heavy atom. The van der Waals surface area contributed by atoms with Gasteiger partial charge in [0.15, 0.2) is 12.6 Å². The molecule has 0 unspecified atom stereocenters. The number of ether oxygens (including phenoxy) is 6. The molecule has 14 heteroatoms. The van der Waals surface area contributed by atoms with Crippen LogP contribution in [0.5, 0.6) is 0 Å². The Morgan fingerprint density at radius 2 is 1.57 bits per heavy atom. The van der Waals surface area contributed by atoms with E-state index >= 15 is 0 Å². The highest BCUT2D eigenvalue weighted by Gasteiger charge is 2.52. The first-order valence-electron chi connectivity index (χ1n) is 18.8. The molecule has 51 heavy (non-hydrogen) atoms. The van der Waals surface area contributed by atoms with Crippen molar-refractivity contribution >= 4 is 5.97 Å². The fourth-order valence-electron chi connectivity index (χ4n) is 8.36. The zero-order valence-electron chi connectivity index (χ0n) is 33.2. The van der Waals surface area contributed by atoms with Crippen LogP contribution in [0.3, 0.4) is 0 Å². The monoisotopic (exact) mass is 734 g/mol. The lowest BCUT2D eigenvalue weighted by atomic mass is 9.77. The molecule has 0 spiro atoms. The number of nitrogens with one attached hydrogen (secondary N) is 1. The molecule has 0 aliphatic carbocycles. The van der Waals surface area contributed by atoms with E-state index in [2.05, 4.69) is 5.32 Å². The van der Waals surface area contributed by atoms with E-state index in [-0.39, 0.29) is 37.3 Å². The third kappa shape index (κ3) is 10.2. The number of likely N-dealkylation sites (N-methyl/N-ethyl adjacent to an activating group) is 1. The maximum atomic E-state index is 14.1. The summed E-state index contributed by atoms with van der Waals surface area (Å²) in [5.41, 5.74) is -4.37. The molecule has 3 saturated heterocycles. The van der Waals surface area contributed by atoms with E-state index in [1.54, 1.807) is 41.5 Å². The largest absolute Gasteiger partial charge is 0.459 e. The molecule has 3 rings (SSSR count). The van der Waals surface area contributed by atoms with E-state index in [1.165, 1.54) is 14.0 Å². The number of aliphatic hydroxyl groups is 5. The number of nitrogens with zero attached hydrogens (tertiary/aromatic N) is 1. The van der Waals surface area contributed by atoms with Gasteiger partial charge in [-0.3, -0.25) is 4.79 Å². The maximum absolute atomic E-state index is 14.1. The van der Waals surface area contributed by atoms with Gasteiger partial charge < -0.3 is 64.2 Å². The van der Waals surface area contributed by atoms with Crippen molar-refractivity contribution in [2.45, 2.75) is 185 Å². The molecule has 3 fully saturated rings. The summed E-state index contributed by atoms with van der Waals surface area (Å²) >= 11 is 0. The Labute approximate surface area is 305 Å². The molecule has 0 saturated carbocycles. The highest BCUT2D eigenvalue weighted by Crippen LogP contribution is 2.40. The third-order valence-corrected chi connectivity index (χ3v) is 11.7. The molecule has 0 aromatic heterocycles. The zero-order valence-corrected chi connectivity index (χ0v) is 33.2. The highest BCUT2D eigenvalue weighted by atomic mass is 16.7. The second kappa shape index (κ2) is 17.6. The summed E-state index contributed by atoms with van der Waals surface area (Å²) in [6, 6.07) is -0.858. The van der Waals surface area contributed by atoms with E-state index in [0.29, 0.717) is 13.0 Å². The van der Waals surface area contributed by atoms with Crippen molar-refractivity contribution in [3.8, 4) is 0 Å². The second-order valence-corrected chi connectivity index (χ2v) is 16.7. The van der Waals surface area contributed by atoms with E-state index < -0.39 is 96.0 Å². The number of cyclic esters (lactones) is 1. The Kier molecular flexibility index (Phi) is 15.3. The van der Waals surface area contributed by atoms with Gasteiger partial charge in [0.05, 0.1) is 41.5 Å². The summed E-state index contributed by atoms with van der Waals surface area (Å²) in [5.74, 6) is -2.60. The lowest BCUT2D eigenvalue weighted by Crippen LogP contribution is -2.60. The minimum Gasteiger partial charge on any atom is -0.459 e. The first kappa shape index (κ1) is 44.4. The van der Waals surface area contributed by atoms with Crippen LogP contribution >= 0.6 is 0 Å². The van der Waals surface area contributed by atoms with Gasteiger partial charge in [0.25, 0.3) is 0 Å². The third-order valence-electron chi connectivity index (χ3n) is 11.7. The molecule has 6 N–H and O–H groups in total. The van der Waals surface area contributed by atoms with Gasteiger partial charge in [-0.2, -0.15) is 0 Å². The molecule has 300 valence electrons. The lowest BCUT2D eigenvalue weighted by Gasteiger charge is -2.48. The predicted molar refractivity (Wildman–Crippen MR) is 190 cm³/mol. The highest BCUT2D eigenvalue weighted by molar-refractivity contribution is 5.73. The number of rotatable bonds is 7. The van der Waals surface area contributed by atoms with Crippen molar-refractivity contribution in [3.63, 3.8) is 0 Å². The van der Waals surface area contributed by atoms with E-state index in [4.69, 9.17) is 28.4 Å². The van der Waals surface area contributed by atoms with Gasteiger partial charge in [-0.25, -0.2) is 0 Å². The zero-order chi connectivity index (χ0) is 38.8. The average molecular weight is 735 g/mol. The van der Waals surface area contributed by atoms with Gasteiger partial charge in [-0.05, 0) is 94.3 Å². The van der Waals surface area contributed by atoms with E-state index in [9.17, 15) is 30.3 Å². The number of carbonyl (C=O) groups excluding carboxylic acids is 1. The van der Waals surface area contributed by atoms with Crippen LogP contribution in [0.25, 0.3) is 0 Å². The molecule has 14 nitrogen and oxygen atoms in total. The van der Waals surface area contributed by atoms with Crippen molar-refractivity contribution in [2.24, 2.45) is 17.8 Å². The molecule has 0 aromatic rings. The van der Waals surface area contributed by atoms with Crippen molar-refractivity contribution in [3.05, 3.63) is 0 Å². The van der Waals surface area contributed by atoms with Crippen molar-refractivity contribution in [1.82, 2.24) is 10.2 Å². The van der Waals surface area contributed by atoms with Gasteiger partial charge >= 0.3 is 5.97 Å². The number of hydrogen-bond acceptors (Lipinski definition) is 14. The first-order valence-corrected chi connectivity index (χ1v) is 18.8. The first-order chi connectivity index (χ1) is 23.5. The van der Waals surface area contributed by atoms with Gasteiger partial charge in [0.1, 0.15) is 30.0 Å². The van der Waals surface area contributed by atoms with Crippen LogP contribution in [0, 0.1) is 17.8 Å². The van der Waals surface area contributed by atoms with Crippen molar-refractivity contribution in [1.29, 1.82) is 0 Å². The minimum atomic E-state index is -1.80. The lowest BCUT2D eigenvalue weighted by molar-refractivity contribution is -0.318. The number of hydrogen-bond donors (Lipinski definition) is 6. The quantitative estimate of drug-likeness (QED) is 0.207. The van der Waals surface area contributed by atoms with Crippen LogP contribution in [-0.2, 0) is 33.2 Å². The summed E-state index contributed by atoms with van der Waals surface area (Å²) in [4.78, 5) is 16.1. The second-order valence-electron chi connectivity index (χ2n) is 16.7. The van der Waals surface area contributed by atoms with Crippen LogP contribution in [-0.4, -0.2) is 154 Å².